The fourth-order valence-electron chi connectivity index (χ4n) is 3.32. The van der Waals surface area contributed by atoms with Gasteiger partial charge in [-0.1, -0.05) is 0 Å². The van der Waals surface area contributed by atoms with Gasteiger partial charge in [0.25, 0.3) is 0 Å². The third-order valence-electron chi connectivity index (χ3n) is 5.08. The summed E-state index contributed by atoms with van der Waals surface area (Å²) in [6.07, 6.45) is -3.00. The molecule has 3 N–H and O–H groups in total. The van der Waals surface area contributed by atoms with Crippen molar-refractivity contribution in [1.29, 1.82) is 0 Å². The maximum atomic E-state index is 12.6. The lowest BCUT2D eigenvalue weighted by molar-refractivity contribution is -0.137. The Morgan fingerprint density at radius 2 is 1.94 bits per heavy atom. The zero-order chi connectivity index (χ0) is 22.9. The molecule has 0 saturated carbocycles. The average Bonchev–Trinajstić information content (AvgIpc) is 2.75. The Labute approximate surface area is 180 Å². The van der Waals surface area contributed by atoms with E-state index in [1.807, 2.05) is 6.92 Å². The quantitative estimate of drug-likeness (QED) is 0.423. The highest BCUT2D eigenvalue weighted by Gasteiger charge is 2.30. The molecule has 0 aliphatic carbocycles. The Bertz CT molecular complexity index is 718. The maximum Gasteiger partial charge on any atom is 0.416 e. The topological polar surface area (TPSA) is 86.2 Å². The second kappa shape index (κ2) is 11.8. The molecule has 174 valence electrons. The van der Waals surface area contributed by atoms with Crippen LogP contribution in [0.3, 0.4) is 0 Å². The van der Waals surface area contributed by atoms with E-state index in [4.69, 9.17) is 4.74 Å². The van der Waals surface area contributed by atoms with Crippen LogP contribution in [-0.4, -0.2) is 67.8 Å². The lowest BCUT2D eigenvalue weighted by Crippen LogP contribution is -2.46. The highest BCUT2D eigenvalue weighted by molar-refractivity contribution is 5.80. The van der Waals surface area contributed by atoms with E-state index in [1.165, 1.54) is 12.1 Å². The lowest BCUT2D eigenvalue weighted by Gasteiger charge is -2.34. The number of nitrogens with one attached hydrogen (secondary N) is 2. The summed E-state index contributed by atoms with van der Waals surface area (Å²) >= 11 is 0. The number of alkyl halides is 3. The summed E-state index contributed by atoms with van der Waals surface area (Å²) in [4.78, 5) is 18.1. The highest BCUT2D eigenvalue weighted by atomic mass is 19.4. The van der Waals surface area contributed by atoms with Crippen molar-refractivity contribution >= 4 is 11.9 Å². The molecule has 0 bridgehead atoms. The van der Waals surface area contributed by atoms with Crippen LogP contribution >= 0.6 is 0 Å². The standard InChI is InChI=1S/C21H31F3N4O3/c1-3-26-20(28-10-8-15(9-11-28)12-19(30)25-2)27-13-17(29)14-31-18-6-4-16(5-7-18)21(22,23)24/h4-7,15,17,29H,3,8-14H2,1-2H3,(H,25,30)(H,26,27). The Kier molecular flexibility index (Phi) is 9.42. The first-order chi connectivity index (χ1) is 14.7. The van der Waals surface area contributed by atoms with Crippen LogP contribution in [0.25, 0.3) is 0 Å². The summed E-state index contributed by atoms with van der Waals surface area (Å²) < 4.78 is 43.2. The number of hydrogen-bond acceptors (Lipinski definition) is 4. The Morgan fingerprint density at radius 1 is 1.29 bits per heavy atom. The van der Waals surface area contributed by atoms with Gasteiger partial charge in [0.1, 0.15) is 18.5 Å². The van der Waals surface area contributed by atoms with Crippen LogP contribution in [0.15, 0.2) is 29.3 Å². The molecule has 31 heavy (non-hydrogen) atoms. The number of hydrogen-bond donors (Lipinski definition) is 3. The maximum absolute atomic E-state index is 12.6. The number of carbonyl (C=O) groups is 1. The molecule has 1 unspecified atom stereocenters. The summed E-state index contributed by atoms with van der Waals surface area (Å²) in [6, 6.07) is 4.34. The predicted molar refractivity (Wildman–Crippen MR) is 112 cm³/mol. The van der Waals surface area contributed by atoms with Crippen molar-refractivity contribution in [1.82, 2.24) is 15.5 Å². The molecule has 1 aromatic rings. The second-order valence-corrected chi connectivity index (χ2v) is 7.49. The van der Waals surface area contributed by atoms with Gasteiger partial charge >= 0.3 is 6.18 Å². The summed E-state index contributed by atoms with van der Waals surface area (Å²) in [6.45, 7) is 4.19. The number of aliphatic hydroxyl groups excluding tert-OH is 1. The zero-order valence-corrected chi connectivity index (χ0v) is 17.9. The highest BCUT2D eigenvalue weighted by Crippen LogP contribution is 2.30. The van der Waals surface area contributed by atoms with Crippen molar-refractivity contribution < 1.29 is 27.8 Å². The van der Waals surface area contributed by atoms with E-state index < -0.39 is 17.8 Å². The fourth-order valence-corrected chi connectivity index (χ4v) is 3.32. The molecule has 1 amide bonds. The molecular weight excluding hydrogens is 413 g/mol. The number of amides is 1. The number of piperidine rings is 1. The van der Waals surface area contributed by atoms with E-state index in [2.05, 4.69) is 20.5 Å². The van der Waals surface area contributed by atoms with Crippen LogP contribution in [0.5, 0.6) is 5.75 Å². The molecule has 10 heteroatoms. The molecular formula is C21H31F3N4O3. The summed E-state index contributed by atoms with van der Waals surface area (Å²) in [5.41, 5.74) is -0.751. The second-order valence-electron chi connectivity index (χ2n) is 7.49. The van der Waals surface area contributed by atoms with Crippen molar-refractivity contribution in [2.45, 2.75) is 38.5 Å². The van der Waals surface area contributed by atoms with E-state index in [1.54, 1.807) is 7.05 Å². The fraction of sp³-hybridized carbons (Fsp3) is 0.619. The third-order valence-corrected chi connectivity index (χ3v) is 5.08. The van der Waals surface area contributed by atoms with Gasteiger partial charge in [-0.3, -0.25) is 9.79 Å². The molecule has 1 atom stereocenters. The van der Waals surface area contributed by atoms with Crippen molar-refractivity contribution in [2.75, 3.05) is 39.8 Å². The van der Waals surface area contributed by atoms with Gasteiger partial charge in [-0.2, -0.15) is 13.2 Å². The predicted octanol–water partition coefficient (Wildman–Crippen LogP) is 2.26. The Balaban J connectivity index is 1.82. The molecule has 2 rings (SSSR count). The number of aliphatic hydroxyl groups is 1. The first-order valence-electron chi connectivity index (χ1n) is 10.4. The summed E-state index contributed by atoms with van der Waals surface area (Å²) in [5, 5.41) is 16.0. The number of guanidine groups is 1. The summed E-state index contributed by atoms with van der Waals surface area (Å²) in [5.74, 6) is 1.34. The van der Waals surface area contributed by atoms with Crippen LogP contribution in [0, 0.1) is 5.92 Å². The van der Waals surface area contributed by atoms with E-state index >= 15 is 0 Å². The van der Waals surface area contributed by atoms with Gasteiger partial charge in [0.2, 0.25) is 5.91 Å². The van der Waals surface area contributed by atoms with Gasteiger partial charge in [0.05, 0.1) is 12.1 Å². The number of likely N-dealkylation sites (tertiary alicyclic amines) is 1. The van der Waals surface area contributed by atoms with Gasteiger partial charge in [-0.05, 0) is 49.9 Å². The van der Waals surface area contributed by atoms with Gasteiger partial charge in [-0.15, -0.1) is 0 Å². The molecule has 1 heterocycles. The Morgan fingerprint density at radius 3 is 2.48 bits per heavy atom. The van der Waals surface area contributed by atoms with Crippen molar-refractivity contribution in [2.24, 2.45) is 10.9 Å². The van der Waals surface area contributed by atoms with Crippen molar-refractivity contribution in [3.8, 4) is 5.75 Å². The molecule has 0 radical (unpaired) electrons. The number of carbonyl (C=O) groups excluding carboxylic acids is 1. The van der Waals surface area contributed by atoms with Crippen LogP contribution in [0.2, 0.25) is 0 Å². The van der Waals surface area contributed by atoms with Crippen LogP contribution in [-0.2, 0) is 11.0 Å². The number of benzene rings is 1. The van der Waals surface area contributed by atoms with E-state index in [-0.39, 0.29) is 24.8 Å². The van der Waals surface area contributed by atoms with Gasteiger partial charge < -0.3 is 25.4 Å². The zero-order valence-electron chi connectivity index (χ0n) is 17.9. The molecule has 0 spiro atoms. The first-order valence-corrected chi connectivity index (χ1v) is 10.4. The average molecular weight is 444 g/mol. The Hall–Kier alpha value is -2.49. The van der Waals surface area contributed by atoms with Gasteiger partial charge in [0.15, 0.2) is 5.96 Å². The van der Waals surface area contributed by atoms with Crippen molar-refractivity contribution in [3.05, 3.63) is 29.8 Å². The minimum atomic E-state index is -4.40. The number of nitrogens with zero attached hydrogens (tertiary/aromatic N) is 2. The first kappa shape index (κ1) is 24.8. The molecule has 1 saturated heterocycles. The van der Waals surface area contributed by atoms with Crippen LogP contribution < -0.4 is 15.4 Å². The smallest absolute Gasteiger partial charge is 0.416 e. The molecule has 0 aromatic heterocycles. The molecule has 1 aliphatic heterocycles. The van der Waals surface area contributed by atoms with Crippen molar-refractivity contribution in [3.63, 3.8) is 0 Å². The van der Waals surface area contributed by atoms with Gasteiger partial charge in [-0.25, -0.2) is 0 Å². The monoisotopic (exact) mass is 444 g/mol. The van der Waals surface area contributed by atoms with E-state index in [0.29, 0.717) is 24.8 Å². The molecule has 7 nitrogen and oxygen atoms in total. The van der Waals surface area contributed by atoms with Crippen LogP contribution in [0.1, 0.15) is 31.7 Å². The van der Waals surface area contributed by atoms with E-state index in [9.17, 15) is 23.1 Å². The largest absolute Gasteiger partial charge is 0.491 e. The number of aliphatic imine (C=N–C) groups is 1. The molecule has 1 fully saturated rings. The third kappa shape index (κ3) is 8.28. The lowest BCUT2D eigenvalue weighted by atomic mass is 9.93. The number of ether oxygens (including phenoxy) is 1. The summed E-state index contributed by atoms with van der Waals surface area (Å²) in [7, 11) is 1.64. The SMILES string of the molecule is CCNC(=NCC(O)COc1ccc(C(F)(F)F)cc1)N1CCC(CC(=O)NC)CC1. The number of rotatable bonds is 8. The van der Waals surface area contributed by atoms with Crippen LogP contribution in [0.4, 0.5) is 13.2 Å². The molecule has 1 aromatic carbocycles. The van der Waals surface area contributed by atoms with Gasteiger partial charge in [0, 0.05) is 33.1 Å². The number of halogens is 3. The normalized spacial score (nSPS) is 16.7. The minimum absolute atomic E-state index is 0.0511. The van der Waals surface area contributed by atoms with E-state index in [0.717, 1.165) is 38.1 Å². The minimum Gasteiger partial charge on any atom is -0.491 e. The molecule has 1 aliphatic rings.